The Labute approximate surface area is 181 Å². The van der Waals surface area contributed by atoms with Crippen molar-refractivity contribution in [1.29, 1.82) is 0 Å². The number of allylic oxidation sites excluding steroid dienone is 5. The van der Waals surface area contributed by atoms with Crippen molar-refractivity contribution in [3.05, 3.63) is 103 Å². The first-order chi connectivity index (χ1) is 15.4. The monoisotopic (exact) mass is 434 g/mol. The Bertz CT molecular complexity index is 1320. The topological polar surface area (TPSA) is 56.7 Å². The fourth-order valence-electron chi connectivity index (χ4n) is 3.01. The quantitative estimate of drug-likeness (QED) is 0.327. The Hall–Kier alpha value is -4.20. The summed E-state index contributed by atoms with van der Waals surface area (Å²) in [5.74, 6) is -1.69. The van der Waals surface area contributed by atoms with Crippen molar-refractivity contribution in [2.24, 2.45) is 0 Å². The van der Waals surface area contributed by atoms with Crippen LogP contribution in [0.3, 0.4) is 0 Å². The molecule has 0 unspecified atom stereocenters. The van der Waals surface area contributed by atoms with Gasteiger partial charge in [0.15, 0.2) is 0 Å². The van der Waals surface area contributed by atoms with Crippen molar-refractivity contribution >= 4 is 5.57 Å². The second kappa shape index (κ2) is 8.89. The zero-order chi connectivity index (χ0) is 22.7. The minimum Gasteiger partial charge on any atom is -0.333 e. The van der Waals surface area contributed by atoms with E-state index in [4.69, 9.17) is 4.52 Å². The molecule has 0 bridgehead atoms. The first kappa shape index (κ1) is 21.0. The summed E-state index contributed by atoms with van der Waals surface area (Å²) in [5, 5.41) is 8.22. The van der Waals surface area contributed by atoms with Gasteiger partial charge in [-0.15, -0.1) is 0 Å². The first-order valence-electron chi connectivity index (χ1n) is 9.56. The maximum absolute atomic E-state index is 14.2. The van der Waals surface area contributed by atoms with E-state index >= 15 is 0 Å². The molecule has 0 saturated carbocycles. The summed E-state index contributed by atoms with van der Waals surface area (Å²) in [4.78, 5) is 4.25. The molecule has 0 saturated heterocycles. The van der Waals surface area contributed by atoms with Gasteiger partial charge in [0.2, 0.25) is 5.82 Å². The molecule has 0 aliphatic carbocycles. The molecule has 2 aromatic heterocycles. The number of hydrogen-bond donors (Lipinski definition) is 0. The molecule has 160 valence electrons. The Morgan fingerprint density at radius 3 is 2.44 bits per heavy atom. The third-order valence-corrected chi connectivity index (χ3v) is 4.56. The lowest BCUT2D eigenvalue weighted by Gasteiger charge is -2.09. The summed E-state index contributed by atoms with van der Waals surface area (Å²) in [5.41, 5.74) is 2.41. The molecule has 0 atom stereocenters. The maximum atomic E-state index is 14.2. The standard InChI is InChI=1S/C24H17F3N4O/c1-15(25)8-13-21(27)16(2)23-29-24(32-30-23)20-14-28-31(19-11-9-18(26)10-12-19)22(20)17-6-4-3-5-7-17/h3-14H,2H2,1H3. The SMILES string of the molecule is C=C(C(F)=CC=C(C)F)c1noc(-c2cnn(-c3ccc(F)cc3)c2-c2ccccc2)n1. The number of benzene rings is 2. The molecule has 0 amide bonds. The molecule has 4 rings (SSSR count). The van der Waals surface area contributed by atoms with E-state index in [2.05, 4.69) is 21.8 Å². The maximum Gasteiger partial charge on any atom is 0.262 e. The van der Waals surface area contributed by atoms with Crippen LogP contribution in [0, 0.1) is 5.82 Å². The van der Waals surface area contributed by atoms with Gasteiger partial charge in [0.1, 0.15) is 11.6 Å². The van der Waals surface area contributed by atoms with E-state index in [1.165, 1.54) is 25.3 Å². The van der Waals surface area contributed by atoms with Crippen LogP contribution in [0.2, 0.25) is 0 Å². The molecule has 0 spiro atoms. The highest BCUT2D eigenvalue weighted by Gasteiger charge is 2.22. The second-order valence-electron chi connectivity index (χ2n) is 6.83. The van der Waals surface area contributed by atoms with E-state index in [1.54, 1.807) is 16.8 Å². The molecule has 0 aliphatic heterocycles. The van der Waals surface area contributed by atoms with Crippen LogP contribution < -0.4 is 0 Å². The minimum absolute atomic E-state index is 0.0767. The van der Waals surface area contributed by atoms with Crippen molar-refractivity contribution < 1.29 is 17.7 Å². The molecule has 0 N–H and O–H groups in total. The molecule has 0 fully saturated rings. The van der Waals surface area contributed by atoms with Gasteiger partial charge in [-0.05, 0) is 43.3 Å². The number of nitrogens with zero attached hydrogens (tertiary/aromatic N) is 4. The summed E-state index contributed by atoms with van der Waals surface area (Å²) in [6.45, 7) is 4.81. The van der Waals surface area contributed by atoms with Gasteiger partial charge >= 0.3 is 0 Å². The van der Waals surface area contributed by atoms with Crippen LogP contribution in [0.1, 0.15) is 12.7 Å². The van der Waals surface area contributed by atoms with Crippen molar-refractivity contribution in [1.82, 2.24) is 19.9 Å². The Morgan fingerprint density at radius 2 is 1.75 bits per heavy atom. The second-order valence-corrected chi connectivity index (χ2v) is 6.83. The normalized spacial score (nSPS) is 12.2. The molecule has 0 aliphatic rings. The largest absolute Gasteiger partial charge is 0.333 e. The average molecular weight is 434 g/mol. The van der Waals surface area contributed by atoms with Gasteiger partial charge in [0.05, 0.1) is 34.5 Å². The van der Waals surface area contributed by atoms with Gasteiger partial charge in [-0.3, -0.25) is 0 Å². The lowest BCUT2D eigenvalue weighted by atomic mass is 10.1. The van der Waals surface area contributed by atoms with Crippen molar-refractivity contribution in [2.75, 3.05) is 0 Å². The molecular formula is C24H17F3N4O. The van der Waals surface area contributed by atoms with Crippen LogP contribution in [-0.2, 0) is 0 Å². The summed E-state index contributed by atoms with van der Waals surface area (Å²) in [6, 6.07) is 15.2. The van der Waals surface area contributed by atoms with Gasteiger partial charge in [-0.2, -0.15) is 10.1 Å². The van der Waals surface area contributed by atoms with Crippen LogP contribution in [0.5, 0.6) is 0 Å². The first-order valence-corrected chi connectivity index (χ1v) is 9.56. The van der Waals surface area contributed by atoms with Crippen molar-refractivity contribution in [3.63, 3.8) is 0 Å². The predicted octanol–water partition coefficient (Wildman–Crippen LogP) is 6.47. The molecule has 5 nitrogen and oxygen atoms in total. The van der Waals surface area contributed by atoms with E-state index in [0.29, 0.717) is 16.9 Å². The summed E-state index contributed by atoms with van der Waals surface area (Å²) in [7, 11) is 0. The van der Waals surface area contributed by atoms with Gasteiger partial charge in [0, 0.05) is 5.56 Å². The fraction of sp³-hybridized carbons (Fsp3) is 0.0417. The van der Waals surface area contributed by atoms with Crippen molar-refractivity contribution in [2.45, 2.75) is 6.92 Å². The van der Waals surface area contributed by atoms with E-state index in [0.717, 1.165) is 17.7 Å². The minimum atomic E-state index is -0.792. The number of halogens is 3. The highest BCUT2D eigenvalue weighted by Crippen LogP contribution is 2.34. The lowest BCUT2D eigenvalue weighted by Crippen LogP contribution is -1.99. The summed E-state index contributed by atoms with van der Waals surface area (Å²) < 4.78 is 47.5. The molecule has 2 heterocycles. The molecule has 2 aromatic carbocycles. The summed E-state index contributed by atoms with van der Waals surface area (Å²) >= 11 is 0. The predicted molar refractivity (Wildman–Crippen MR) is 115 cm³/mol. The van der Waals surface area contributed by atoms with E-state index in [9.17, 15) is 13.2 Å². The van der Waals surface area contributed by atoms with Crippen LogP contribution in [0.25, 0.3) is 34.0 Å². The van der Waals surface area contributed by atoms with E-state index < -0.39 is 11.7 Å². The number of rotatable bonds is 6. The third kappa shape index (κ3) is 4.29. The molecule has 0 radical (unpaired) electrons. The van der Waals surface area contributed by atoms with Gasteiger partial charge in [-0.25, -0.2) is 17.9 Å². The lowest BCUT2D eigenvalue weighted by molar-refractivity contribution is 0.428. The van der Waals surface area contributed by atoms with Crippen LogP contribution in [0.4, 0.5) is 13.2 Å². The van der Waals surface area contributed by atoms with E-state index in [1.807, 2.05) is 30.3 Å². The number of hydrogen-bond acceptors (Lipinski definition) is 4. The van der Waals surface area contributed by atoms with Gasteiger partial charge in [-0.1, -0.05) is 42.1 Å². The third-order valence-electron chi connectivity index (χ3n) is 4.56. The molecule has 8 heteroatoms. The Morgan fingerprint density at radius 1 is 1.03 bits per heavy atom. The van der Waals surface area contributed by atoms with Gasteiger partial charge in [0.25, 0.3) is 5.89 Å². The zero-order valence-corrected chi connectivity index (χ0v) is 17.0. The highest BCUT2D eigenvalue weighted by atomic mass is 19.1. The zero-order valence-electron chi connectivity index (χ0n) is 17.0. The van der Waals surface area contributed by atoms with E-state index in [-0.39, 0.29) is 23.1 Å². The summed E-state index contributed by atoms with van der Waals surface area (Å²) in [6.07, 6.45) is 3.45. The Balaban J connectivity index is 1.78. The van der Waals surface area contributed by atoms with Gasteiger partial charge < -0.3 is 4.52 Å². The number of aromatic nitrogens is 4. The van der Waals surface area contributed by atoms with Crippen LogP contribution in [-0.4, -0.2) is 19.9 Å². The smallest absolute Gasteiger partial charge is 0.262 e. The Kier molecular flexibility index (Phi) is 5.85. The molecular weight excluding hydrogens is 417 g/mol. The molecule has 32 heavy (non-hydrogen) atoms. The van der Waals surface area contributed by atoms with Crippen LogP contribution in [0.15, 0.2) is 95.7 Å². The van der Waals surface area contributed by atoms with Crippen molar-refractivity contribution in [3.8, 4) is 28.4 Å². The highest BCUT2D eigenvalue weighted by molar-refractivity contribution is 5.79. The van der Waals surface area contributed by atoms with Crippen LogP contribution >= 0.6 is 0 Å². The average Bonchev–Trinajstić information content (AvgIpc) is 3.45. The fourth-order valence-corrected chi connectivity index (χ4v) is 3.01. The molecule has 4 aromatic rings.